The molecule has 28 heavy (non-hydrogen) atoms. The smallest absolute Gasteiger partial charge is 0.261 e. The first-order valence-electron chi connectivity index (χ1n) is 8.32. The van der Waals surface area contributed by atoms with E-state index in [9.17, 15) is 14.0 Å². The molecule has 0 aliphatic heterocycles. The number of carbonyl (C=O) groups excluding carboxylic acids is 2. The number of pyridine rings is 1. The fraction of sp³-hybridized carbons (Fsp3) is 0.0526. The second-order valence-electron chi connectivity index (χ2n) is 5.89. The molecule has 9 heteroatoms. The van der Waals surface area contributed by atoms with Crippen molar-refractivity contribution >= 4 is 39.2 Å². The van der Waals surface area contributed by atoms with E-state index in [2.05, 4.69) is 25.8 Å². The molecule has 3 N–H and O–H groups in total. The van der Waals surface area contributed by atoms with E-state index < -0.39 is 0 Å². The largest absolute Gasteiger partial charge is 0.347 e. The van der Waals surface area contributed by atoms with E-state index in [1.54, 1.807) is 36.4 Å². The Kier molecular flexibility index (Phi) is 4.81. The van der Waals surface area contributed by atoms with E-state index >= 15 is 0 Å². The van der Waals surface area contributed by atoms with Crippen LogP contribution in [0.4, 0.5) is 10.2 Å². The lowest BCUT2D eigenvalue weighted by Gasteiger charge is -2.04. The van der Waals surface area contributed by atoms with Gasteiger partial charge in [0.2, 0.25) is 0 Å². The number of rotatable bonds is 5. The van der Waals surface area contributed by atoms with Gasteiger partial charge in [-0.25, -0.2) is 4.39 Å². The quantitative estimate of drug-likeness (QED) is 0.483. The summed E-state index contributed by atoms with van der Waals surface area (Å²) in [5.41, 5.74) is 0.860. The van der Waals surface area contributed by atoms with Crippen molar-refractivity contribution in [1.82, 2.24) is 20.5 Å². The Bertz CT molecular complexity index is 1160. The first-order valence-corrected chi connectivity index (χ1v) is 9.14. The molecule has 0 saturated carbocycles. The van der Waals surface area contributed by atoms with Crippen molar-refractivity contribution in [2.45, 2.75) is 6.54 Å². The molecule has 140 valence electrons. The number of halogens is 1. The molecular formula is C19H14FN5O2S. The van der Waals surface area contributed by atoms with Crippen LogP contribution < -0.4 is 10.6 Å². The van der Waals surface area contributed by atoms with Crippen LogP contribution in [0.3, 0.4) is 0 Å². The first-order chi connectivity index (χ1) is 13.6. The summed E-state index contributed by atoms with van der Waals surface area (Å²) in [5.74, 6) is -0.617. The number of aromatic amines is 1. The van der Waals surface area contributed by atoms with Gasteiger partial charge < -0.3 is 10.6 Å². The van der Waals surface area contributed by atoms with Crippen molar-refractivity contribution in [1.29, 1.82) is 0 Å². The van der Waals surface area contributed by atoms with E-state index in [1.165, 1.54) is 29.8 Å². The van der Waals surface area contributed by atoms with Crippen LogP contribution in [0.25, 0.3) is 10.2 Å². The van der Waals surface area contributed by atoms with Gasteiger partial charge >= 0.3 is 0 Å². The van der Waals surface area contributed by atoms with Gasteiger partial charge in [-0.05, 0) is 24.3 Å². The molecule has 4 aromatic rings. The molecule has 4 rings (SSSR count). The first kappa shape index (κ1) is 17.8. The maximum atomic E-state index is 13.7. The molecule has 7 nitrogen and oxygen atoms in total. The molecule has 2 amide bonds. The van der Waals surface area contributed by atoms with Crippen LogP contribution in [0.5, 0.6) is 0 Å². The van der Waals surface area contributed by atoms with Crippen LogP contribution in [0.2, 0.25) is 0 Å². The normalized spacial score (nSPS) is 10.8. The van der Waals surface area contributed by atoms with E-state index in [0.717, 1.165) is 0 Å². The van der Waals surface area contributed by atoms with Gasteiger partial charge in [0.15, 0.2) is 0 Å². The van der Waals surface area contributed by atoms with Crippen molar-refractivity contribution in [2.24, 2.45) is 0 Å². The van der Waals surface area contributed by atoms with Crippen molar-refractivity contribution < 1.29 is 14.0 Å². The summed E-state index contributed by atoms with van der Waals surface area (Å²) >= 11 is 1.18. The number of amides is 2. The molecule has 0 bridgehead atoms. The summed E-state index contributed by atoms with van der Waals surface area (Å²) in [6, 6.07) is 11.1. The third-order valence-corrected chi connectivity index (χ3v) is 5.08. The summed E-state index contributed by atoms with van der Waals surface area (Å²) in [6.45, 7) is 0.0822. The summed E-state index contributed by atoms with van der Waals surface area (Å²) in [4.78, 5) is 29.6. The van der Waals surface area contributed by atoms with Crippen molar-refractivity contribution in [3.05, 3.63) is 76.7 Å². The number of carbonyl (C=O) groups is 2. The zero-order chi connectivity index (χ0) is 19.5. The van der Waals surface area contributed by atoms with Crippen LogP contribution >= 0.6 is 11.3 Å². The Hall–Kier alpha value is -3.59. The van der Waals surface area contributed by atoms with E-state index in [4.69, 9.17) is 0 Å². The van der Waals surface area contributed by atoms with Gasteiger partial charge in [0.05, 0.1) is 10.3 Å². The van der Waals surface area contributed by atoms with Gasteiger partial charge in [-0.15, -0.1) is 11.3 Å². The summed E-state index contributed by atoms with van der Waals surface area (Å²) in [7, 11) is 0. The summed E-state index contributed by atoms with van der Waals surface area (Å²) < 4.78 is 13.7. The molecule has 0 aliphatic rings. The molecule has 0 aliphatic carbocycles. The number of anilines is 1. The molecule has 0 spiro atoms. The number of thiophene rings is 1. The van der Waals surface area contributed by atoms with E-state index in [0.29, 0.717) is 32.0 Å². The number of fused-ring (bicyclic) bond motifs is 1. The highest BCUT2D eigenvalue weighted by Gasteiger charge is 2.17. The predicted molar refractivity (Wildman–Crippen MR) is 104 cm³/mol. The van der Waals surface area contributed by atoms with Gasteiger partial charge in [-0.1, -0.05) is 18.2 Å². The van der Waals surface area contributed by atoms with Crippen LogP contribution in [0.15, 0.2) is 54.9 Å². The number of nitrogens with one attached hydrogen (secondary N) is 3. The van der Waals surface area contributed by atoms with E-state index in [1.807, 2.05) is 0 Å². The molecule has 0 atom stereocenters. The topological polar surface area (TPSA) is 99.8 Å². The van der Waals surface area contributed by atoms with Gasteiger partial charge in [-0.2, -0.15) is 5.10 Å². The number of hydrogen-bond donors (Lipinski definition) is 3. The molecular weight excluding hydrogens is 381 g/mol. The minimum Gasteiger partial charge on any atom is -0.347 e. The zero-order valence-electron chi connectivity index (χ0n) is 14.4. The van der Waals surface area contributed by atoms with E-state index in [-0.39, 0.29) is 24.2 Å². The van der Waals surface area contributed by atoms with Crippen molar-refractivity contribution in [2.75, 3.05) is 5.32 Å². The monoisotopic (exact) mass is 395 g/mol. The molecule has 1 aromatic carbocycles. The second-order valence-corrected chi connectivity index (χ2v) is 6.92. The molecule has 3 aromatic heterocycles. The molecule has 0 radical (unpaired) electrons. The minimum absolute atomic E-state index is 0.0822. The third-order valence-electron chi connectivity index (χ3n) is 4.05. The third kappa shape index (κ3) is 3.60. The van der Waals surface area contributed by atoms with Crippen molar-refractivity contribution in [3.8, 4) is 0 Å². The number of nitrogens with zero attached hydrogens (tertiary/aromatic N) is 2. The molecule has 0 unspecified atom stereocenters. The second kappa shape index (κ2) is 7.57. The predicted octanol–water partition coefficient (Wildman–Crippen LogP) is 3.34. The summed E-state index contributed by atoms with van der Waals surface area (Å²) in [6.07, 6.45) is 3.06. The Morgan fingerprint density at radius 1 is 1.11 bits per heavy atom. The molecule has 0 fully saturated rings. The molecule has 3 heterocycles. The Balaban J connectivity index is 1.48. The fourth-order valence-corrected chi connectivity index (χ4v) is 3.52. The Morgan fingerprint density at radius 3 is 2.68 bits per heavy atom. The van der Waals surface area contributed by atoms with Crippen LogP contribution in [0, 0.1) is 5.82 Å². The Labute approximate surface area is 162 Å². The summed E-state index contributed by atoms with van der Waals surface area (Å²) in [5, 5.41) is 12.9. The average Bonchev–Trinajstić information content (AvgIpc) is 3.30. The van der Waals surface area contributed by atoms with Crippen molar-refractivity contribution in [3.63, 3.8) is 0 Å². The maximum absolute atomic E-state index is 13.7. The lowest BCUT2D eigenvalue weighted by Crippen LogP contribution is -2.22. The van der Waals surface area contributed by atoms with Crippen LogP contribution in [0.1, 0.15) is 25.6 Å². The number of hydrogen-bond acceptors (Lipinski definition) is 5. The van der Waals surface area contributed by atoms with Gasteiger partial charge in [-0.3, -0.25) is 19.7 Å². The average molecular weight is 395 g/mol. The number of H-pyrrole nitrogens is 1. The highest BCUT2D eigenvalue weighted by atomic mass is 32.1. The fourth-order valence-electron chi connectivity index (χ4n) is 2.61. The van der Waals surface area contributed by atoms with Gasteiger partial charge in [0.1, 0.15) is 16.5 Å². The SMILES string of the molecule is O=C(Nc1[nH]nc2sc(C(=O)NCc3ccccc3F)cc12)c1ccncc1. The lowest BCUT2D eigenvalue weighted by atomic mass is 10.2. The Morgan fingerprint density at radius 2 is 1.89 bits per heavy atom. The van der Waals surface area contributed by atoms with Crippen LogP contribution in [-0.2, 0) is 6.54 Å². The lowest BCUT2D eigenvalue weighted by molar-refractivity contribution is 0.0954. The highest BCUT2D eigenvalue weighted by Crippen LogP contribution is 2.29. The zero-order valence-corrected chi connectivity index (χ0v) is 15.2. The molecule has 0 saturated heterocycles. The highest BCUT2D eigenvalue weighted by molar-refractivity contribution is 7.20. The van der Waals surface area contributed by atoms with Gasteiger partial charge in [0.25, 0.3) is 11.8 Å². The van der Waals surface area contributed by atoms with Crippen LogP contribution in [-0.4, -0.2) is 27.0 Å². The standard InChI is InChI=1S/C19H14FN5O2S/c20-14-4-2-1-3-12(14)10-22-18(27)15-9-13-16(24-25-19(13)28-15)23-17(26)11-5-7-21-8-6-11/h1-9H,10H2,(H,22,27)(H2,23,24,25,26). The van der Waals surface area contributed by atoms with Gasteiger partial charge in [0, 0.05) is 30.1 Å². The minimum atomic E-state index is -0.370. The number of benzene rings is 1. The maximum Gasteiger partial charge on any atom is 0.261 e. The number of aromatic nitrogens is 3.